The van der Waals surface area contributed by atoms with Crippen molar-refractivity contribution in [2.45, 2.75) is 4.90 Å². The van der Waals surface area contributed by atoms with E-state index in [1.165, 1.54) is 38.6 Å². The first-order valence-electron chi connectivity index (χ1n) is 6.04. The van der Waals surface area contributed by atoms with Gasteiger partial charge in [-0.2, -0.15) is 5.26 Å². The number of hydrogen-bond donors (Lipinski definition) is 0. The van der Waals surface area contributed by atoms with Gasteiger partial charge in [-0.1, -0.05) is 22.9 Å². The molecule has 0 saturated heterocycles. The first-order valence-corrected chi connectivity index (χ1v) is 8.67. The highest BCUT2D eigenvalue weighted by molar-refractivity contribution is 7.93. The molecule has 0 aliphatic rings. The number of sulfonamides is 1. The monoisotopic (exact) mass is 371 g/mol. The van der Waals surface area contributed by atoms with Crippen LogP contribution < -0.4 is 4.31 Å². The highest BCUT2D eigenvalue weighted by atomic mass is 35.5. The Morgan fingerprint density at radius 2 is 2.17 bits per heavy atom. The molecule has 0 bridgehead atoms. The van der Waals surface area contributed by atoms with E-state index in [0.29, 0.717) is 0 Å². The van der Waals surface area contributed by atoms with Gasteiger partial charge in [0.25, 0.3) is 10.0 Å². The predicted octanol–water partition coefficient (Wildman–Crippen LogP) is 2.28. The zero-order valence-electron chi connectivity index (χ0n) is 12.0. The van der Waals surface area contributed by atoms with Crippen molar-refractivity contribution in [3.8, 4) is 6.07 Å². The second kappa shape index (κ2) is 6.54. The largest absolute Gasteiger partial charge is 0.465 e. The summed E-state index contributed by atoms with van der Waals surface area (Å²) in [7, 11) is -1.39. The van der Waals surface area contributed by atoms with E-state index >= 15 is 0 Å². The number of aromatic nitrogens is 1. The summed E-state index contributed by atoms with van der Waals surface area (Å²) in [5, 5.41) is 8.97. The number of hydrogen-bond acceptors (Lipinski definition) is 7. The van der Waals surface area contributed by atoms with Crippen molar-refractivity contribution < 1.29 is 17.9 Å². The zero-order chi connectivity index (χ0) is 17.2. The number of rotatable bonds is 4. The fraction of sp³-hybridized carbons (Fsp3) is 0.154. The van der Waals surface area contributed by atoms with Crippen molar-refractivity contribution in [3.05, 3.63) is 39.9 Å². The topological polar surface area (TPSA) is 100 Å². The Morgan fingerprint density at radius 3 is 2.74 bits per heavy atom. The van der Waals surface area contributed by atoms with Gasteiger partial charge in [0.1, 0.15) is 10.9 Å². The summed E-state index contributed by atoms with van der Waals surface area (Å²) in [5.41, 5.74) is 0.176. The fourth-order valence-electron chi connectivity index (χ4n) is 1.61. The van der Waals surface area contributed by atoms with E-state index in [0.717, 1.165) is 15.6 Å². The highest BCUT2D eigenvalue weighted by Crippen LogP contribution is 2.28. The van der Waals surface area contributed by atoms with E-state index in [9.17, 15) is 13.2 Å². The normalized spacial score (nSPS) is 10.9. The minimum Gasteiger partial charge on any atom is -0.465 e. The predicted molar refractivity (Wildman–Crippen MR) is 85.2 cm³/mol. The molecule has 0 spiro atoms. The van der Waals surface area contributed by atoms with E-state index in [-0.39, 0.29) is 25.5 Å². The maximum atomic E-state index is 12.6. The number of methoxy groups -OCH3 is 1. The van der Waals surface area contributed by atoms with Gasteiger partial charge in [-0.3, -0.25) is 0 Å². The number of carbonyl (C=O) groups excluding carboxylic acids is 1. The molecule has 2 aromatic rings. The van der Waals surface area contributed by atoms with Crippen LogP contribution in [0.4, 0.5) is 5.13 Å². The third-order valence-corrected chi connectivity index (χ3v) is 6.09. The van der Waals surface area contributed by atoms with Gasteiger partial charge in [0.2, 0.25) is 0 Å². The second-order valence-corrected chi connectivity index (χ2v) is 7.61. The van der Waals surface area contributed by atoms with Crippen molar-refractivity contribution in [1.82, 2.24) is 4.98 Å². The van der Waals surface area contributed by atoms with Gasteiger partial charge in [0.15, 0.2) is 5.13 Å². The summed E-state index contributed by atoms with van der Waals surface area (Å²) in [6, 6.07) is 5.66. The highest BCUT2D eigenvalue weighted by Gasteiger charge is 2.25. The average molecular weight is 372 g/mol. The first kappa shape index (κ1) is 17.2. The van der Waals surface area contributed by atoms with E-state index in [1.54, 1.807) is 0 Å². The quantitative estimate of drug-likeness (QED) is 0.764. The Labute approximate surface area is 141 Å². The van der Waals surface area contributed by atoms with Crippen LogP contribution in [0.3, 0.4) is 0 Å². The molecule has 1 aromatic heterocycles. The van der Waals surface area contributed by atoms with E-state index < -0.39 is 16.0 Å². The van der Waals surface area contributed by atoms with Crippen molar-refractivity contribution in [3.63, 3.8) is 0 Å². The van der Waals surface area contributed by atoms with Crippen LogP contribution in [0.2, 0.25) is 5.02 Å². The van der Waals surface area contributed by atoms with Crippen LogP contribution in [0, 0.1) is 11.3 Å². The van der Waals surface area contributed by atoms with Crippen molar-refractivity contribution in [2.75, 3.05) is 18.5 Å². The number of anilines is 1. The van der Waals surface area contributed by atoms with Gasteiger partial charge in [-0.05, 0) is 18.2 Å². The molecule has 1 aromatic carbocycles. The molecule has 0 aliphatic heterocycles. The molecule has 0 N–H and O–H groups in total. The standard InChI is InChI=1S/C13H10ClN3O4S2/c1-17(13-16-7-11(22-13)12(18)21-2)23(19,20)9-4-3-8(6-15)10(14)5-9/h3-5,7H,1-2H3. The van der Waals surface area contributed by atoms with Crippen molar-refractivity contribution >= 4 is 44.1 Å². The molecule has 1 heterocycles. The van der Waals surface area contributed by atoms with Gasteiger partial charge < -0.3 is 4.74 Å². The molecular weight excluding hydrogens is 362 g/mol. The molecule has 23 heavy (non-hydrogen) atoms. The summed E-state index contributed by atoms with van der Waals surface area (Å²) < 4.78 is 30.6. The lowest BCUT2D eigenvalue weighted by molar-refractivity contribution is 0.0606. The Balaban J connectivity index is 2.39. The second-order valence-electron chi connectivity index (χ2n) is 4.22. The molecule has 0 saturated carbocycles. The van der Waals surface area contributed by atoms with Gasteiger partial charge in [-0.15, -0.1) is 0 Å². The Kier molecular flexibility index (Phi) is 4.89. The molecule has 0 fully saturated rings. The Bertz CT molecular complexity index is 902. The van der Waals surface area contributed by atoms with Crippen LogP contribution in [-0.4, -0.2) is 33.5 Å². The molecule has 0 atom stereocenters. The third-order valence-electron chi connectivity index (χ3n) is 2.87. The van der Waals surface area contributed by atoms with E-state index in [2.05, 4.69) is 9.72 Å². The number of esters is 1. The molecule has 120 valence electrons. The van der Waals surface area contributed by atoms with Crippen LogP contribution in [0.15, 0.2) is 29.3 Å². The first-order chi connectivity index (χ1) is 10.8. The van der Waals surface area contributed by atoms with Crippen molar-refractivity contribution in [1.29, 1.82) is 5.26 Å². The van der Waals surface area contributed by atoms with Gasteiger partial charge in [0, 0.05) is 7.05 Å². The van der Waals surface area contributed by atoms with Crippen LogP contribution >= 0.6 is 22.9 Å². The summed E-state index contributed by atoms with van der Waals surface area (Å²) in [5.74, 6) is -0.596. The molecule has 0 unspecified atom stereocenters. The molecule has 7 nitrogen and oxygen atoms in total. The lowest BCUT2D eigenvalue weighted by atomic mass is 10.2. The molecule has 2 rings (SSSR count). The smallest absolute Gasteiger partial charge is 0.349 e. The summed E-state index contributed by atoms with van der Waals surface area (Å²) in [6.45, 7) is 0. The van der Waals surface area contributed by atoms with Gasteiger partial charge in [0.05, 0.1) is 28.8 Å². The summed E-state index contributed by atoms with van der Waals surface area (Å²) >= 11 is 6.75. The third kappa shape index (κ3) is 3.29. The molecule has 0 amide bonds. The van der Waals surface area contributed by atoms with Crippen LogP contribution in [0.25, 0.3) is 0 Å². The lowest BCUT2D eigenvalue weighted by Gasteiger charge is -2.16. The summed E-state index contributed by atoms with van der Waals surface area (Å²) in [6.07, 6.45) is 1.24. The number of nitriles is 1. The maximum absolute atomic E-state index is 12.6. The zero-order valence-corrected chi connectivity index (χ0v) is 14.4. The van der Waals surface area contributed by atoms with E-state index in [4.69, 9.17) is 16.9 Å². The van der Waals surface area contributed by atoms with E-state index in [1.807, 2.05) is 6.07 Å². The fourth-order valence-corrected chi connectivity index (χ4v) is 4.09. The molecule has 0 radical (unpaired) electrons. The molecule has 0 aliphatic carbocycles. The van der Waals surface area contributed by atoms with Crippen LogP contribution in [0.5, 0.6) is 0 Å². The summed E-state index contributed by atoms with van der Waals surface area (Å²) in [4.78, 5) is 15.4. The Morgan fingerprint density at radius 1 is 1.48 bits per heavy atom. The SMILES string of the molecule is COC(=O)c1cnc(N(C)S(=O)(=O)c2ccc(C#N)c(Cl)c2)s1. The van der Waals surface area contributed by atoms with Crippen LogP contribution in [-0.2, 0) is 14.8 Å². The van der Waals surface area contributed by atoms with Crippen molar-refractivity contribution in [2.24, 2.45) is 0 Å². The number of benzene rings is 1. The van der Waals surface area contributed by atoms with Crippen LogP contribution in [0.1, 0.15) is 15.2 Å². The molecule has 10 heteroatoms. The molecular formula is C13H10ClN3O4S2. The average Bonchev–Trinajstić information content (AvgIpc) is 3.02. The minimum absolute atomic E-state index is 0.0383. The number of halogens is 1. The minimum atomic E-state index is -3.92. The number of nitrogens with zero attached hydrogens (tertiary/aromatic N) is 3. The maximum Gasteiger partial charge on any atom is 0.349 e. The number of thiazole rings is 1. The van der Waals surface area contributed by atoms with Gasteiger partial charge >= 0.3 is 5.97 Å². The van der Waals surface area contributed by atoms with Gasteiger partial charge in [-0.25, -0.2) is 22.5 Å². The lowest BCUT2D eigenvalue weighted by Crippen LogP contribution is -2.26. The number of carbonyl (C=O) groups is 1. The number of ether oxygens (including phenoxy) is 1. The Hall–Kier alpha value is -2.15.